The van der Waals surface area contributed by atoms with E-state index in [9.17, 15) is 4.79 Å². The summed E-state index contributed by atoms with van der Waals surface area (Å²) in [6.07, 6.45) is 0.420. The topological polar surface area (TPSA) is 29.1 Å². The molecule has 4 aromatic carbocycles. The molecule has 0 radical (unpaired) electrons. The Morgan fingerprint density at radius 2 is 1.19 bits per heavy atom. The fraction of sp³-hybridized carbons (Fsp3) is 0.138. The van der Waals surface area contributed by atoms with Gasteiger partial charge in [-0.2, -0.15) is 0 Å². The second kappa shape index (κ2) is 7.98. The van der Waals surface area contributed by atoms with Crippen molar-refractivity contribution in [2.75, 3.05) is 0 Å². The van der Waals surface area contributed by atoms with Gasteiger partial charge in [0.25, 0.3) is 0 Å². The molecule has 0 fully saturated rings. The maximum absolute atomic E-state index is 13.2. The Labute approximate surface area is 183 Å². The summed E-state index contributed by atoms with van der Waals surface area (Å²) < 4.78 is 0. The van der Waals surface area contributed by atoms with E-state index in [0.29, 0.717) is 6.42 Å². The molecule has 1 aliphatic carbocycles. The van der Waals surface area contributed by atoms with Crippen LogP contribution in [0.15, 0.2) is 109 Å². The molecule has 0 saturated heterocycles. The monoisotopic (exact) mass is 403 g/mol. The summed E-state index contributed by atoms with van der Waals surface area (Å²) >= 11 is 0. The van der Waals surface area contributed by atoms with E-state index in [4.69, 9.17) is 0 Å². The van der Waals surface area contributed by atoms with E-state index >= 15 is 0 Å². The van der Waals surface area contributed by atoms with Gasteiger partial charge in [0.1, 0.15) is 0 Å². The molecule has 4 aromatic rings. The Balaban J connectivity index is 1.62. The molecule has 5 rings (SSSR count). The van der Waals surface area contributed by atoms with Gasteiger partial charge in [-0.1, -0.05) is 109 Å². The fourth-order valence-corrected chi connectivity index (χ4v) is 4.83. The highest BCUT2D eigenvalue weighted by atomic mass is 16.1. The first kappa shape index (κ1) is 19.5. The highest BCUT2D eigenvalue weighted by Crippen LogP contribution is 2.50. The van der Waals surface area contributed by atoms with Crippen LogP contribution >= 0.6 is 0 Å². The van der Waals surface area contributed by atoms with Crippen molar-refractivity contribution in [2.45, 2.75) is 24.9 Å². The van der Waals surface area contributed by atoms with Gasteiger partial charge in [-0.25, -0.2) is 0 Å². The van der Waals surface area contributed by atoms with Crippen molar-refractivity contribution >= 4 is 5.78 Å². The number of carbonyl (C=O) groups is 1. The van der Waals surface area contributed by atoms with Crippen LogP contribution in [0.4, 0.5) is 0 Å². The molecule has 31 heavy (non-hydrogen) atoms. The Morgan fingerprint density at radius 1 is 0.710 bits per heavy atom. The lowest BCUT2D eigenvalue weighted by Gasteiger charge is -2.36. The zero-order valence-corrected chi connectivity index (χ0v) is 17.6. The first-order chi connectivity index (χ1) is 15.2. The minimum absolute atomic E-state index is 0.184. The van der Waals surface area contributed by atoms with Crippen molar-refractivity contribution < 1.29 is 4.79 Å². The van der Waals surface area contributed by atoms with Gasteiger partial charge in [0, 0.05) is 6.42 Å². The van der Waals surface area contributed by atoms with Crippen LogP contribution in [0.25, 0.3) is 11.1 Å². The number of carbonyl (C=O) groups excluding carboxylic acids is 1. The first-order valence-electron chi connectivity index (χ1n) is 10.8. The Hall–Kier alpha value is -3.49. The zero-order chi connectivity index (χ0) is 21.3. The van der Waals surface area contributed by atoms with E-state index in [1.807, 2.05) is 43.3 Å². The molecule has 2 nitrogen and oxygen atoms in total. The van der Waals surface area contributed by atoms with Crippen LogP contribution in [0, 0.1) is 0 Å². The molecule has 1 atom stereocenters. The lowest BCUT2D eigenvalue weighted by atomic mass is 9.79. The van der Waals surface area contributed by atoms with Crippen LogP contribution in [0.1, 0.15) is 29.2 Å². The fourth-order valence-electron chi connectivity index (χ4n) is 4.83. The minimum atomic E-state index is -0.569. The van der Waals surface area contributed by atoms with Crippen molar-refractivity contribution in [3.63, 3.8) is 0 Å². The number of benzene rings is 4. The average molecular weight is 404 g/mol. The molecule has 0 bridgehead atoms. The quantitative estimate of drug-likeness (QED) is 0.444. The number of nitrogens with one attached hydrogen (secondary N) is 1. The van der Waals surface area contributed by atoms with Gasteiger partial charge in [0.15, 0.2) is 5.78 Å². The molecular formula is C29H25NO. The molecule has 152 valence electrons. The van der Waals surface area contributed by atoms with Crippen molar-refractivity contribution in [1.29, 1.82) is 0 Å². The highest BCUT2D eigenvalue weighted by molar-refractivity contribution is 5.88. The summed E-state index contributed by atoms with van der Waals surface area (Å²) in [4.78, 5) is 13.2. The van der Waals surface area contributed by atoms with Crippen LogP contribution in [0.2, 0.25) is 0 Å². The summed E-state index contributed by atoms with van der Waals surface area (Å²) in [5.41, 5.74) is 6.45. The number of hydrogen-bond acceptors (Lipinski definition) is 2. The highest BCUT2D eigenvalue weighted by Gasteiger charge is 2.45. The number of ketones is 1. The summed E-state index contributed by atoms with van der Waals surface area (Å²) in [7, 11) is 0. The maximum Gasteiger partial charge on any atom is 0.153 e. The third-order valence-electron chi connectivity index (χ3n) is 6.30. The molecule has 1 aliphatic rings. The van der Waals surface area contributed by atoms with E-state index < -0.39 is 5.54 Å². The van der Waals surface area contributed by atoms with Gasteiger partial charge < -0.3 is 0 Å². The van der Waals surface area contributed by atoms with Crippen molar-refractivity contribution in [1.82, 2.24) is 5.32 Å². The molecule has 2 heteroatoms. The Bertz CT molecular complexity index is 1170. The summed E-state index contributed by atoms with van der Waals surface area (Å²) in [6, 6.07) is 37.2. The number of hydrogen-bond donors (Lipinski definition) is 1. The van der Waals surface area contributed by atoms with E-state index in [2.05, 4.69) is 78.1 Å². The van der Waals surface area contributed by atoms with Crippen molar-refractivity contribution in [2.24, 2.45) is 0 Å². The second-order valence-corrected chi connectivity index (χ2v) is 8.20. The van der Waals surface area contributed by atoms with E-state index in [1.54, 1.807) is 0 Å². The van der Waals surface area contributed by atoms with E-state index in [0.717, 1.165) is 11.1 Å². The smallest absolute Gasteiger partial charge is 0.153 e. The van der Waals surface area contributed by atoms with Crippen molar-refractivity contribution in [3.8, 4) is 11.1 Å². The normalized spacial score (nSPS) is 14.5. The van der Waals surface area contributed by atoms with E-state index in [-0.39, 0.29) is 11.8 Å². The third-order valence-corrected chi connectivity index (χ3v) is 6.30. The third kappa shape index (κ3) is 3.30. The lowest BCUT2D eigenvalue weighted by molar-refractivity contribution is -0.120. The van der Waals surface area contributed by atoms with Crippen LogP contribution in [0.3, 0.4) is 0 Å². The van der Waals surface area contributed by atoms with Gasteiger partial charge >= 0.3 is 0 Å². The zero-order valence-electron chi connectivity index (χ0n) is 17.6. The van der Waals surface area contributed by atoms with Gasteiger partial charge in [0.05, 0.1) is 11.6 Å². The second-order valence-electron chi connectivity index (χ2n) is 8.20. The molecule has 1 N–H and O–H groups in total. The predicted octanol–water partition coefficient (Wildman–Crippen LogP) is 5.75. The van der Waals surface area contributed by atoms with E-state index in [1.165, 1.54) is 22.3 Å². The molecule has 0 aliphatic heterocycles. The average Bonchev–Trinajstić information content (AvgIpc) is 3.11. The largest absolute Gasteiger partial charge is 0.298 e. The van der Waals surface area contributed by atoms with Gasteiger partial charge in [0.2, 0.25) is 0 Å². The molecular weight excluding hydrogens is 378 g/mol. The van der Waals surface area contributed by atoms with Crippen LogP contribution in [-0.4, -0.2) is 11.8 Å². The first-order valence-corrected chi connectivity index (χ1v) is 10.8. The standard InChI is InChI=1S/C29H25NO/c1-21(28(31)20-22-12-4-2-5-13-22)30-29(23-14-6-3-7-15-23)26-18-10-8-16-24(26)25-17-9-11-19-27(25)29/h2-19,21,30H,20H2,1H3/t21-/m0/s1. The minimum Gasteiger partial charge on any atom is -0.298 e. The van der Waals surface area contributed by atoms with Crippen LogP contribution < -0.4 is 5.32 Å². The molecule has 0 saturated carbocycles. The van der Waals surface area contributed by atoms with Crippen molar-refractivity contribution in [3.05, 3.63) is 131 Å². The molecule has 0 amide bonds. The van der Waals surface area contributed by atoms with Crippen LogP contribution in [0.5, 0.6) is 0 Å². The summed E-state index contributed by atoms with van der Waals surface area (Å²) in [5.74, 6) is 0.184. The molecule has 0 aromatic heterocycles. The molecule has 0 spiro atoms. The summed E-state index contributed by atoms with van der Waals surface area (Å²) in [5, 5.41) is 3.79. The van der Waals surface area contributed by atoms with Crippen LogP contribution in [-0.2, 0) is 16.8 Å². The molecule has 0 heterocycles. The maximum atomic E-state index is 13.2. The summed E-state index contributed by atoms with van der Waals surface area (Å²) in [6.45, 7) is 1.99. The number of Topliss-reactive ketones (excluding diaryl/α,β-unsaturated/α-hetero) is 1. The predicted molar refractivity (Wildman–Crippen MR) is 126 cm³/mol. The van der Waals surface area contributed by atoms with Gasteiger partial charge in [-0.15, -0.1) is 0 Å². The SMILES string of the molecule is C[C@H](NC1(c2ccccc2)c2ccccc2-c2ccccc21)C(=O)Cc1ccccc1. The Kier molecular flexibility index (Phi) is 5.01. The van der Waals surface area contributed by atoms with Gasteiger partial charge in [-0.3, -0.25) is 10.1 Å². The molecule has 0 unspecified atom stereocenters. The lowest BCUT2D eigenvalue weighted by Crippen LogP contribution is -2.50. The van der Waals surface area contributed by atoms with Gasteiger partial charge in [-0.05, 0) is 40.3 Å². The number of fused-ring (bicyclic) bond motifs is 3. The number of rotatable bonds is 6. The Morgan fingerprint density at radius 3 is 1.77 bits per heavy atom.